The fraction of sp³-hybridized carbons (Fsp3) is 1.00. The number of rotatable bonds is 6. The Morgan fingerprint density at radius 3 is 1.24 bits per heavy atom. The molecule has 9 heteroatoms. The van der Waals surface area contributed by atoms with Gasteiger partial charge < -0.3 is 12.6 Å². The Balaban J connectivity index is 5.03. The average Bonchev–Trinajstić information content (AvgIpc) is 1.65. The minimum absolute atomic E-state index is 1.75. The second-order valence-electron chi connectivity index (χ2n) is 6.31. The molecule has 0 atom stereocenters. The van der Waals surface area contributed by atoms with Gasteiger partial charge in [0.2, 0.25) is 0 Å². The Labute approximate surface area is 113 Å². The van der Waals surface area contributed by atoms with Crippen molar-refractivity contribution in [3.63, 3.8) is 0 Å². The van der Waals surface area contributed by atoms with Crippen LogP contribution in [0.5, 0.6) is 0 Å². The van der Waals surface area contributed by atoms with Crippen LogP contribution in [0.3, 0.4) is 0 Å². The fourth-order valence-electron chi connectivity index (χ4n) is 0.993. The van der Waals surface area contributed by atoms with Crippen LogP contribution in [-0.2, 0) is 17.2 Å². The van der Waals surface area contributed by atoms with Crippen molar-refractivity contribution in [2.45, 2.75) is 52.4 Å². The van der Waals surface area contributed by atoms with E-state index in [1.54, 1.807) is 13.1 Å². The summed E-state index contributed by atoms with van der Waals surface area (Å²) in [5.74, 6) is 0. The number of phosphoric acid groups is 1. The molecule has 0 fully saturated rings. The van der Waals surface area contributed by atoms with Crippen molar-refractivity contribution >= 4 is 43.2 Å². The van der Waals surface area contributed by atoms with E-state index in [1.165, 1.54) is 0 Å². The van der Waals surface area contributed by atoms with Crippen LogP contribution in [0.4, 0.5) is 0 Å². The van der Waals surface area contributed by atoms with Crippen molar-refractivity contribution in [3.8, 4) is 0 Å². The molecule has 0 radical (unpaired) electrons. The summed E-state index contributed by atoms with van der Waals surface area (Å²) in [6, 6.07) is 0. The molecule has 104 valence electrons. The lowest BCUT2D eigenvalue weighted by atomic mass is 11.8. The molecule has 0 saturated carbocycles. The van der Waals surface area contributed by atoms with Crippen molar-refractivity contribution in [2.24, 2.45) is 0 Å². The van der Waals surface area contributed by atoms with Gasteiger partial charge in [0.05, 0.1) is 0 Å². The van der Waals surface area contributed by atoms with E-state index in [0.717, 1.165) is 0 Å². The first-order valence-electron chi connectivity index (χ1n) is 5.53. The molecule has 4 nitrogen and oxygen atoms in total. The summed E-state index contributed by atoms with van der Waals surface area (Å²) in [5.41, 5.74) is 0. The maximum absolute atomic E-state index is 12.6. The zero-order valence-corrected chi connectivity index (χ0v) is 16.6. The van der Waals surface area contributed by atoms with E-state index in [1.807, 2.05) is 39.3 Å². The van der Waals surface area contributed by atoms with Crippen molar-refractivity contribution in [3.05, 3.63) is 0 Å². The van der Waals surface area contributed by atoms with Gasteiger partial charge in [-0.2, -0.15) is 0 Å². The molecule has 0 aliphatic carbocycles. The molecule has 0 bridgehead atoms. The Kier molecular flexibility index (Phi) is 5.93. The molecular weight excluding hydrogens is 311 g/mol. The second kappa shape index (κ2) is 5.58. The van der Waals surface area contributed by atoms with Crippen LogP contribution < -0.4 is 0 Å². The molecule has 0 aromatic rings. The molecule has 0 heterocycles. The second-order valence-corrected chi connectivity index (χ2v) is 23.3. The smallest absolute Gasteiger partial charge is 0.331 e. The predicted molar refractivity (Wildman–Crippen MR) is 80.9 cm³/mol. The van der Waals surface area contributed by atoms with Crippen LogP contribution in [0.15, 0.2) is 0 Å². The third kappa shape index (κ3) is 10.6. The molecule has 0 saturated heterocycles. The van der Waals surface area contributed by atoms with E-state index in [2.05, 4.69) is 0 Å². The lowest BCUT2D eigenvalue weighted by molar-refractivity contribution is 0.295. The summed E-state index contributed by atoms with van der Waals surface area (Å²) in [4.78, 5) is 0. The van der Waals surface area contributed by atoms with Crippen LogP contribution in [-0.4, -0.2) is 24.3 Å². The monoisotopic (exact) mass is 334 g/mol. The van der Waals surface area contributed by atoms with Crippen molar-refractivity contribution in [1.29, 1.82) is 0 Å². The van der Waals surface area contributed by atoms with Crippen LogP contribution in [0.1, 0.15) is 0 Å². The highest BCUT2D eigenvalue weighted by Gasteiger charge is 2.42. The van der Waals surface area contributed by atoms with E-state index in [0.29, 0.717) is 0 Å². The minimum atomic E-state index is -3.53. The highest BCUT2D eigenvalue weighted by Crippen LogP contribution is 2.56. The van der Waals surface area contributed by atoms with Gasteiger partial charge in [0.1, 0.15) is 0 Å². The Morgan fingerprint density at radius 1 is 0.765 bits per heavy atom. The number of hydrogen-bond acceptors (Lipinski definition) is 4. The molecule has 17 heavy (non-hydrogen) atoms. The van der Waals surface area contributed by atoms with Crippen molar-refractivity contribution in [1.82, 2.24) is 0 Å². The average molecular weight is 335 g/mol. The van der Waals surface area contributed by atoms with E-state index < -0.39 is 32.1 Å². The number of halogens is 1. The van der Waals surface area contributed by atoms with E-state index in [9.17, 15) is 4.57 Å². The van der Waals surface area contributed by atoms with Gasteiger partial charge in [0, 0.05) is 0 Å². The van der Waals surface area contributed by atoms with Gasteiger partial charge in [-0.25, -0.2) is 4.57 Å². The lowest BCUT2D eigenvalue weighted by Gasteiger charge is -2.32. The highest BCUT2D eigenvalue weighted by molar-refractivity contribution is 7.55. The lowest BCUT2D eigenvalue weighted by Crippen LogP contribution is -2.33. The molecule has 0 amide bonds. The molecule has 0 aromatic heterocycles. The van der Waals surface area contributed by atoms with Gasteiger partial charge in [0.25, 0.3) is 7.63 Å². The molecule has 0 aromatic carbocycles. The van der Waals surface area contributed by atoms with Gasteiger partial charge in [-0.3, -0.25) is 0 Å². The van der Waals surface area contributed by atoms with Crippen LogP contribution >= 0.6 is 18.9 Å². The van der Waals surface area contributed by atoms with E-state index in [-0.39, 0.29) is 0 Å². The predicted octanol–water partition coefficient (Wildman–Crippen LogP) is 4.75. The van der Waals surface area contributed by atoms with Gasteiger partial charge in [-0.1, -0.05) is 0 Å². The van der Waals surface area contributed by atoms with E-state index in [4.69, 9.17) is 23.7 Å². The zero-order chi connectivity index (χ0) is 14.1. The Hall–Kier alpha value is 1.05. The summed E-state index contributed by atoms with van der Waals surface area (Å²) in [5, 5.41) is 0. The first-order chi connectivity index (χ1) is 7.12. The van der Waals surface area contributed by atoms with Crippen LogP contribution in [0.25, 0.3) is 0 Å². The maximum Gasteiger partial charge on any atom is 0.446 e. The van der Waals surface area contributed by atoms with Crippen LogP contribution in [0, 0.1) is 0 Å². The molecule has 0 aliphatic heterocycles. The SMILES string of the molecule is C[Si](C)(C)OP(=O)(O[Si](C)(C)C)O[Si](C)(C)Cl. The molecule has 0 unspecified atom stereocenters. The molecule has 0 aliphatic rings. The first kappa shape index (κ1) is 18.1. The summed E-state index contributed by atoms with van der Waals surface area (Å²) in [7, 11) is -10.1. The third-order valence-corrected chi connectivity index (χ3v) is 10.5. The Bertz CT molecular complexity index is 258. The first-order valence-corrected chi connectivity index (χ1v) is 17.7. The topological polar surface area (TPSA) is 44.8 Å². The number of hydrogen-bond donors (Lipinski definition) is 0. The summed E-state index contributed by atoms with van der Waals surface area (Å²) < 4.78 is 29.3. The molecule has 0 N–H and O–H groups in total. The van der Waals surface area contributed by atoms with Gasteiger partial charge in [0.15, 0.2) is 16.6 Å². The van der Waals surface area contributed by atoms with E-state index >= 15 is 0 Å². The fourth-order valence-corrected chi connectivity index (χ4v) is 10.7. The largest absolute Gasteiger partial charge is 0.446 e. The Morgan fingerprint density at radius 2 is 1.06 bits per heavy atom. The molecule has 0 spiro atoms. The van der Waals surface area contributed by atoms with Crippen LogP contribution in [0.2, 0.25) is 52.4 Å². The van der Waals surface area contributed by atoms with Gasteiger partial charge >= 0.3 is 7.82 Å². The summed E-state index contributed by atoms with van der Waals surface area (Å²) in [6.07, 6.45) is 0. The maximum atomic E-state index is 12.6. The summed E-state index contributed by atoms with van der Waals surface area (Å²) >= 11 is 6.09. The minimum Gasteiger partial charge on any atom is -0.331 e. The van der Waals surface area contributed by atoms with Crippen molar-refractivity contribution in [2.75, 3.05) is 0 Å². The van der Waals surface area contributed by atoms with Crippen molar-refractivity contribution < 1.29 is 17.2 Å². The quantitative estimate of drug-likeness (QED) is 0.399. The molecular formula is C8H24ClO4PSi3. The highest BCUT2D eigenvalue weighted by atomic mass is 35.6. The normalized spacial score (nSPS) is 15.1. The van der Waals surface area contributed by atoms with Gasteiger partial charge in [-0.15, -0.1) is 11.1 Å². The standard InChI is InChI=1S/C8H24ClO4PSi3/c1-15(2,3)11-14(10,12-16(4,5)6)13-17(7,8)9/h1-8H3. The van der Waals surface area contributed by atoms with Gasteiger partial charge in [-0.05, 0) is 52.4 Å². The molecule has 0 rings (SSSR count). The third-order valence-electron chi connectivity index (χ3n) is 1.10. The zero-order valence-electron chi connectivity index (χ0n) is 12.0. The summed E-state index contributed by atoms with van der Waals surface area (Å²) in [6.45, 7) is 15.2.